The minimum atomic E-state index is -0.359. The van der Waals surface area contributed by atoms with E-state index in [1.807, 2.05) is 11.8 Å². The van der Waals surface area contributed by atoms with E-state index >= 15 is 0 Å². The molecule has 0 unspecified atom stereocenters. The maximum atomic E-state index is 12.5. The standard InChI is InChI=1S/C20H31NO4S/c1-2-20(16-8-14-7-15(10-16)11-17(20)9-14)25-19(23)13-24-18(22)12-21-3-5-26-6-4-21/h14-17H,2-13H2,1H3. The summed E-state index contributed by atoms with van der Waals surface area (Å²) < 4.78 is 11.3. The fourth-order valence-electron chi connectivity index (χ4n) is 6.17. The van der Waals surface area contributed by atoms with E-state index in [4.69, 9.17) is 9.47 Å². The molecule has 4 bridgehead atoms. The smallest absolute Gasteiger partial charge is 0.344 e. The highest BCUT2D eigenvalue weighted by Crippen LogP contribution is 2.60. The Morgan fingerprint density at radius 1 is 1.00 bits per heavy atom. The molecule has 5 fully saturated rings. The molecule has 4 aliphatic carbocycles. The third kappa shape index (κ3) is 3.64. The first-order chi connectivity index (χ1) is 12.6. The molecule has 1 saturated heterocycles. The van der Waals surface area contributed by atoms with Crippen molar-refractivity contribution in [1.82, 2.24) is 4.90 Å². The van der Waals surface area contributed by atoms with Crippen LogP contribution < -0.4 is 0 Å². The molecule has 5 aliphatic rings. The SMILES string of the molecule is CCC1(OC(=O)COC(=O)CN2CCSCC2)C2CC3CC(C2)CC1C3. The van der Waals surface area contributed by atoms with Crippen molar-refractivity contribution in [3.8, 4) is 0 Å². The number of hydrogen-bond donors (Lipinski definition) is 0. The lowest BCUT2D eigenvalue weighted by atomic mass is 9.49. The predicted octanol–water partition coefficient (Wildman–Crippen LogP) is 2.73. The molecule has 4 saturated carbocycles. The second-order valence-electron chi connectivity index (χ2n) is 8.64. The zero-order valence-corrected chi connectivity index (χ0v) is 16.6. The Bertz CT molecular complexity index is 518. The summed E-state index contributed by atoms with van der Waals surface area (Å²) in [6, 6.07) is 0. The van der Waals surface area contributed by atoms with Crippen molar-refractivity contribution in [2.45, 2.75) is 51.0 Å². The van der Waals surface area contributed by atoms with E-state index in [1.165, 1.54) is 32.1 Å². The van der Waals surface area contributed by atoms with Gasteiger partial charge >= 0.3 is 11.9 Å². The fourth-order valence-corrected chi connectivity index (χ4v) is 7.15. The Hall–Kier alpha value is -0.750. The molecule has 0 aromatic heterocycles. The molecule has 1 aliphatic heterocycles. The maximum Gasteiger partial charge on any atom is 0.344 e. The topological polar surface area (TPSA) is 55.8 Å². The largest absolute Gasteiger partial charge is 0.456 e. The van der Waals surface area contributed by atoms with Gasteiger partial charge in [-0.3, -0.25) is 9.69 Å². The second-order valence-corrected chi connectivity index (χ2v) is 9.86. The summed E-state index contributed by atoms with van der Waals surface area (Å²) in [4.78, 5) is 26.6. The second kappa shape index (κ2) is 7.70. The van der Waals surface area contributed by atoms with Crippen molar-refractivity contribution < 1.29 is 19.1 Å². The van der Waals surface area contributed by atoms with Crippen LogP contribution in [0.15, 0.2) is 0 Å². The van der Waals surface area contributed by atoms with Crippen molar-refractivity contribution in [2.24, 2.45) is 23.7 Å². The third-order valence-corrected chi connectivity index (χ3v) is 8.13. The van der Waals surface area contributed by atoms with E-state index in [0.29, 0.717) is 11.8 Å². The molecule has 146 valence electrons. The van der Waals surface area contributed by atoms with Crippen molar-refractivity contribution >= 4 is 23.7 Å². The van der Waals surface area contributed by atoms with E-state index in [0.717, 1.165) is 42.9 Å². The molecular formula is C20H31NO4S. The zero-order valence-electron chi connectivity index (χ0n) is 15.8. The van der Waals surface area contributed by atoms with Gasteiger partial charge in [0.25, 0.3) is 0 Å². The van der Waals surface area contributed by atoms with Gasteiger partial charge in [0.05, 0.1) is 6.54 Å². The molecule has 5 rings (SSSR count). The highest BCUT2D eigenvalue weighted by molar-refractivity contribution is 7.99. The van der Waals surface area contributed by atoms with Gasteiger partial charge < -0.3 is 9.47 Å². The molecule has 0 aromatic carbocycles. The minimum Gasteiger partial charge on any atom is -0.456 e. The van der Waals surface area contributed by atoms with Gasteiger partial charge in [-0.25, -0.2) is 4.79 Å². The number of ether oxygens (including phenoxy) is 2. The van der Waals surface area contributed by atoms with Crippen LogP contribution in [-0.2, 0) is 19.1 Å². The van der Waals surface area contributed by atoms with E-state index in [1.54, 1.807) is 0 Å². The quantitative estimate of drug-likeness (QED) is 0.660. The summed E-state index contributed by atoms with van der Waals surface area (Å²) in [5, 5.41) is 0. The lowest BCUT2D eigenvalue weighted by molar-refractivity contribution is -0.214. The van der Waals surface area contributed by atoms with Gasteiger partial charge in [-0.15, -0.1) is 0 Å². The summed E-state index contributed by atoms with van der Waals surface area (Å²) in [6.07, 6.45) is 7.10. The molecule has 0 aromatic rings. The number of nitrogens with zero attached hydrogens (tertiary/aromatic N) is 1. The first-order valence-electron chi connectivity index (χ1n) is 10.3. The Morgan fingerprint density at radius 2 is 1.62 bits per heavy atom. The van der Waals surface area contributed by atoms with Gasteiger partial charge in [-0.05, 0) is 62.2 Å². The van der Waals surface area contributed by atoms with Gasteiger partial charge in [0.15, 0.2) is 6.61 Å². The van der Waals surface area contributed by atoms with Crippen LogP contribution in [0.1, 0.15) is 45.4 Å². The van der Waals surface area contributed by atoms with Gasteiger partial charge in [0.1, 0.15) is 5.60 Å². The summed E-state index contributed by atoms with van der Waals surface area (Å²) >= 11 is 1.91. The highest BCUT2D eigenvalue weighted by atomic mass is 32.2. The maximum absolute atomic E-state index is 12.5. The van der Waals surface area contributed by atoms with Crippen LogP contribution in [0.4, 0.5) is 0 Å². The lowest BCUT2D eigenvalue weighted by Crippen LogP contribution is -2.59. The molecule has 0 amide bonds. The molecule has 0 radical (unpaired) electrons. The third-order valence-electron chi connectivity index (χ3n) is 7.18. The minimum absolute atomic E-state index is 0.241. The average molecular weight is 382 g/mol. The van der Waals surface area contributed by atoms with E-state index < -0.39 is 0 Å². The number of hydrogen-bond acceptors (Lipinski definition) is 6. The monoisotopic (exact) mass is 381 g/mol. The van der Waals surface area contributed by atoms with Crippen LogP contribution in [-0.4, -0.2) is 60.2 Å². The molecule has 6 heteroatoms. The number of carbonyl (C=O) groups excluding carboxylic acids is 2. The van der Waals surface area contributed by atoms with Gasteiger partial charge in [0, 0.05) is 24.6 Å². The van der Waals surface area contributed by atoms with Crippen LogP contribution in [0.25, 0.3) is 0 Å². The Kier molecular flexibility index (Phi) is 5.51. The highest BCUT2D eigenvalue weighted by Gasteiger charge is 2.58. The van der Waals surface area contributed by atoms with E-state index in [9.17, 15) is 9.59 Å². The first-order valence-corrected chi connectivity index (χ1v) is 11.4. The molecule has 0 atom stereocenters. The summed E-state index contributed by atoms with van der Waals surface area (Å²) in [5.41, 5.74) is -0.305. The van der Waals surface area contributed by atoms with E-state index in [-0.39, 0.29) is 30.7 Å². The first kappa shape index (κ1) is 18.6. The van der Waals surface area contributed by atoms with Crippen molar-refractivity contribution in [3.63, 3.8) is 0 Å². The van der Waals surface area contributed by atoms with Crippen LogP contribution in [0.2, 0.25) is 0 Å². The lowest BCUT2D eigenvalue weighted by Gasteiger charge is -2.60. The van der Waals surface area contributed by atoms with Crippen LogP contribution in [0.3, 0.4) is 0 Å². The van der Waals surface area contributed by atoms with Crippen molar-refractivity contribution in [3.05, 3.63) is 0 Å². The van der Waals surface area contributed by atoms with E-state index in [2.05, 4.69) is 11.8 Å². The Balaban J connectivity index is 1.29. The predicted molar refractivity (Wildman–Crippen MR) is 101 cm³/mol. The summed E-state index contributed by atoms with van der Waals surface area (Å²) in [7, 11) is 0. The molecule has 5 nitrogen and oxygen atoms in total. The number of thioether (sulfide) groups is 1. The van der Waals surface area contributed by atoms with Gasteiger partial charge in [-0.2, -0.15) is 11.8 Å². The number of carbonyl (C=O) groups is 2. The number of esters is 2. The normalized spacial score (nSPS) is 39.0. The Labute approximate surface area is 160 Å². The summed E-state index contributed by atoms with van der Waals surface area (Å²) in [6.45, 7) is 4.01. The Morgan fingerprint density at radius 3 is 2.19 bits per heavy atom. The van der Waals surface area contributed by atoms with Crippen LogP contribution in [0.5, 0.6) is 0 Å². The summed E-state index contributed by atoms with van der Waals surface area (Å²) in [5.74, 6) is 4.14. The van der Waals surface area contributed by atoms with Crippen molar-refractivity contribution in [1.29, 1.82) is 0 Å². The zero-order chi connectivity index (χ0) is 18.1. The number of rotatable bonds is 6. The van der Waals surface area contributed by atoms with Crippen LogP contribution >= 0.6 is 11.8 Å². The van der Waals surface area contributed by atoms with Gasteiger partial charge in [-0.1, -0.05) is 6.92 Å². The average Bonchev–Trinajstić information content (AvgIpc) is 2.63. The van der Waals surface area contributed by atoms with Gasteiger partial charge in [0.2, 0.25) is 0 Å². The molecule has 0 N–H and O–H groups in total. The molecule has 1 heterocycles. The molecule has 0 spiro atoms. The molecule has 26 heavy (non-hydrogen) atoms. The van der Waals surface area contributed by atoms with Crippen molar-refractivity contribution in [2.75, 3.05) is 37.7 Å². The van der Waals surface area contributed by atoms with Crippen LogP contribution in [0, 0.1) is 23.7 Å². The molecular weight excluding hydrogens is 350 g/mol. The fraction of sp³-hybridized carbons (Fsp3) is 0.900.